The van der Waals surface area contributed by atoms with E-state index in [9.17, 15) is 0 Å². The maximum Gasteiger partial charge on any atom is 0.164 e. The van der Waals surface area contributed by atoms with E-state index in [1.807, 2.05) is 0 Å². The van der Waals surface area contributed by atoms with Crippen LogP contribution in [0.1, 0.15) is 11.4 Å². The maximum absolute atomic E-state index is 9.05. The number of aryl methyl sites for hydroxylation is 1. The van der Waals surface area contributed by atoms with Gasteiger partial charge < -0.3 is 14.6 Å². The number of ether oxygens (including phenoxy) is 2. The van der Waals surface area contributed by atoms with Gasteiger partial charge in [-0.2, -0.15) is 5.10 Å². The van der Waals surface area contributed by atoms with Crippen LogP contribution in [0, 0.1) is 0 Å². The van der Waals surface area contributed by atoms with Crippen LogP contribution in [-0.2, 0) is 20.3 Å². The van der Waals surface area contributed by atoms with Crippen LogP contribution in [0.4, 0.5) is 0 Å². The van der Waals surface area contributed by atoms with E-state index in [0.29, 0.717) is 18.1 Å². The van der Waals surface area contributed by atoms with E-state index in [1.54, 1.807) is 37.0 Å². The number of hydrogen-bond acceptors (Lipinski definition) is 5. The van der Waals surface area contributed by atoms with E-state index in [4.69, 9.17) is 14.6 Å². The van der Waals surface area contributed by atoms with E-state index >= 15 is 0 Å². The molecule has 0 saturated carbocycles. The molecule has 0 radical (unpaired) electrons. The van der Waals surface area contributed by atoms with Gasteiger partial charge in [-0.25, -0.2) is 4.98 Å². The fraction of sp³-hybridized carbons (Fsp3) is 0.333. The number of methoxy groups -OCH3 is 1. The van der Waals surface area contributed by atoms with Crippen LogP contribution >= 0.6 is 0 Å². The molecule has 1 aromatic heterocycles. The van der Waals surface area contributed by atoms with E-state index in [0.717, 1.165) is 11.4 Å². The summed E-state index contributed by atoms with van der Waals surface area (Å²) in [7, 11) is 3.36. The minimum atomic E-state index is -0.0279. The van der Waals surface area contributed by atoms with E-state index in [-0.39, 0.29) is 6.61 Å². The van der Waals surface area contributed by atoms with Crippen molar-refractivity contribution in [3.05, 3.63) is 35.9 Å². The third-order valence-electron chi connectivity index (χ3n) is 2.57. The van der Waals surface area contributed by atoms with Gasteiger partial charge in [0.25, 0.3) is 0 Å². The Balaban J connectivity index is 2.11. The summed E-state index contributed by atoms with van der Waals surface area (Å²) in [6.07, 6.45) is 1.48. The highest BCUT2D eigenvalue weighted by molar-refractivity contribution is 5.42. The van der Waals surface area contributed by atoms with Crippen molar-refractivity contribution in [1.82, 2.24) is 14.8 Å². The van der Waals surface area contributed by atoms with E-state index < -0.39 is 0 Å². The standard InChI is InChI=1S/C12H15N3O3/c1-15-12(13-8-14-15)7-18-10-4-3-9(6-16)5-11(10)17-2/h3-5,8,16H,6-7H2,1-2H3. The Bertz CT molecular complexity index is 525. The summed E-state index contributed by atoms with van der Waals surface area (Å²) in [5.41, 5.74) is 0.776. The van der Waals surface area contributed by atoms with Gasteiger partial charge >= 0.3 is 0 Å². The molecule has 2 rings (SSSR count). The molecule has 2 aromatic rings. The van der Waals surface area contributed by atoms with Gasteiger partial charge in [-0.05, 0) is 17.7 Å². The quantitative estimate of drug-likeness (QED) is 0.852. The van der Waals surface area contributed by atoms with Gasteiger partial charge in [-0.1, -0.05) is 6.07 Å². The van der Waals surface area contributed by atoms with Gasteiger partial charge in [-0.3, -0.25) is 4.68 Å². The average molecular weight is 249 g/mol. The van der Waals surface area contributed by atoms with Gasteiger partial charge in [0, 0.05) is 7.05 Å². The first-order chi connectivity index (χ1) is 8.74. The van der Waals surface area contributed by atoms with Crippen LogP contribution in [0.15, 0.2) is 24.5 Å². The molecule has 0 aliphatic heterocycles. The zero-order valence-electron chi connectivity index (χ0n) is 10.3. The molecule has 1 aromatic carbocycles. The summed E-state index contributed by atoms with van der Waals surface area (Å²) in [6.45, 7) is 0.283. The Morgan fingerprint density at radius 2 is 2.17 bits per heavy atom. The molecule has 0 bridgehead atoms. The van der Waals surface area contributed by atoms with Crippen LogP contribution in [-0.4, -0.2) is 27.0 Å². The second kappa shape index (κ2) is 5.50. The van der Waals surface area contributed by atoms with E-state index in [1.165, 1.54) is 6.33 Å². The number of nitrogens with zero attached hydrogens (tertiary/aromatic N) is 3. The Hall–Kier alpha value is -2.08. The topological polar surface area (TPSA) is 69.4 Å². The highest BCUT2D eigenvalue weighted by Gasteiger charge is 2.07. The van der Waals surface area contributed by atoms with Gasteiger partial charge in [-0.15, -0.1) is 0 Å². The van der Waals surface area contributed by atoms with Crippen LogP contribution < -0.4 is 9.47 Å². The Labute approximate surface area is 105 Å². The second-order valence-electron chi connectivity index (χ2n) is 3.73. The number of aliphatic hydroxyl groups is 1. The first-order valence-corrected chi connectivity index (χ1v) is 5.48. The molecule has 0 saturated heterocycles. The van der Waals surface area contributed by atoms with Crippen molar-refractivity contribution in [2.24, 2.45) is 7.05 Å². The fourth-order valence-corrected chi connectivity index (χ4v) is 1.52. The molecule has 0 aliphatic carbocycles. The third kappa shape index (κ3) is 2.60. The van der Waals surface area contributed by atoms with Gasteiger partial charge in [0.05, 0.1) is 13.7 Å². The molecular formula is C12H15N3O3. The molecule has 1 N–H and O–H groups in total. The van der Waals surface area contributed by atoms with Crippen molar-refractivity contribution in [2.45, 2.75) is 13.2 Å². The van der Waals surface area contributed by atoms with Gasteiger partial charge in [0.2, 0.25) is 0 Å². The van der Waals surface area contributed by atoms with Crippen molar-refractivity contribution in [2.75, 3.05) is 7.11 Å². The Kier molecular flexibility index (Phi) is 3.78. The number of rotatable bonds is 5. The molecule has 0 unspecified atom stereocenters. The smallest absolute Gasteiger partial charge is 0.164 e. The lowest BCUT2D eigenvalue weighted by Crippen LogP contribution is -2.05. The lowest BCUT2D eigenvalue weighted by molar-refractivity contribution is 0.267. The van der Waals surface area contributed by atoms with Gasteiger partial charge in [0.1, 0.15) is 12.9 Å². The number of aromatic nitrogens is 3. The summed E-state index contributed by atoms with van der Waals surface area (Å²) in [6, 6.07) is 5.29. The highest BCUT2D eigenvalue weighted by atomic mass is 16.5. The normalized spacial score (nSPS) is 10.4. The molecule has 0 amide bonds. The lowest BCUT2D eigenvalue weighted by atomic mass is 10.2. The summed E-state index contributed by atoms with van der Waals surface area (Å²) < 4.78 is 12.5. The lowest BCUT2D eigenvalue weighted by Gasteiger charge is -2.11. The fourth-order valence-electron chi connectivity index (χ4n) is 1.52. The Morgan fingerprint density at radius 3 is 2.78 bits per heavy atom. The number of hydrogen-bond donors (Lipinski definition) is 1. The molecule has 0 spiro atoms. The summed E-state index contributed by atoms with van der Waals surface area (Å²) in [4.78, 5) is 4.07. The average Bonchev–Trinajstić information content (AvgIpc) is 2.81. The van der Waals surface area contributed by atoms with Crippen LogP contribution in [0.3, 0.4) is 0 Å². The molecule has 0 fully saturated rings. The molecule has 96 valence electrons. The molecule has 6 heteroatoms. The van der Waals surface area contributed by atoms with Crippen molar-refractivity contribution < 1.29 is 14.6 Å². The van der Waals surface area contributed by atoms with E-state index in [2.05, 4.69) is 10.1 Å². The zero-order chi connectivity index (χ0) is 13.0. The number of benzene rings is 1. The molecular weight excluding hydrogens is 234 g/mol. The molecule has 18 heavy (non-hydrogen) atoms. The van der Waals surface area contributed by atoms with Crippen molar-refractivity contribution in [3.8, 4) is 11.5 Å². The predicted octanol–water partition coefficient (Wildman–Crippen LogP) is 0.895. The molecule has 6 nitrogen and oxygen atoms in total. The van der Waals surface area contributed by atoms with Gasteiger partial charge in [0.15, 0.2) is 17.3 Å². The van der Waals surface area contributed by atoms with Crippen LogP contribution in [0.2, 0.25) is 0 Å². The largest absolute Gasteiger partial charge is 0.493 e. The highest BCUT2D eigenvalue weighted by Crippen LogP contribution is 2.28. The maximum atomic E-state index is 9.05. The third-order valence-corrected chi connectivity index (χ3v) is 2.57. The van der Waals surface area contributed by atoms with Crippen molar-refractivity contribution in [3.63, 3.8) is 0 Å². The molecule has 0 aliphatic rings. The van der Waals surface area contributed by atoms with Crippen LogP contribution in [0.5, 0.6) is 11.5 Å². The zero-order valence-corrected chi connectivity index (χ0v) is 10.3. The first kappa shape index (κ1) is 12.4. The predicted molar refractivity (Wildman–Crippen MR) is 64.3 cm³/mol. The second-order valence-corrected chi connectivity index (χ2v) is 3.73. The number of aliphatic hydroxyl groups excluding tert-OH is 1. The summed E-state index contributed by atoms with van der Waals surface area (Å²) >= 11 is 0. The van der Waals surface area contributed by atoms with Crippen LogP contribution in [0.25, 0.3) is 0 Å². The summed E-state index contributed by atoms with van der Waals surface area (Å²) in [5, 5.41) is 13.0. The molecule has 0 atom stereocenters. The monoisotopic (exact) mass is 249 g/mol. The Morgan fingerprint density at radius 1 is 1.33 bits per heavy atom. The minimum Gasteiger partial charge on any atom is -0.493 e. The van der Waals surface area contributed by atoms with Crippen molar-refractivity contribution >= 4 is 0 Å². The van der Waals surface area contributed by atoms with Crippen molar-refractivity contribution in [1.29, 1.82) is 0 Å². The molecule has 1 heterocycles. The SMILES string of the molecule is COc1cc(CO)ccc1OCc1ncnn1C. The summed E-state index contributed by atoms with van der Waals surface area (Å²) in [5.74, 6) is 1.92. The minimum absolute atomic E-state index is 0.0279. The first-order valence-electron chi connectivity index (χ1n) is 5.48.